The second-order valence-electron chi connectivity index (χ2n) is 5.69. The molecule has 0 saturated carbocycles. The van der Waals surface area contributed by atoms with Crippen molar-refractivity contribution in [2.75, 3.05) is 13.1 Å². The van der Waals surface area contributed by atoms with Crippen molar-refractivity contribution in [3.63, 3.8) is 0 Å². The molecular formula is C15H21N5OS. The van der Waals surface area contributed by atoms with Crippen molar-refractivity contribution < 1.29 is 4.79 Å². The van der Waals surface area contributed by atoms with Crippen molar-refractivity contribution in [3.8, 4) is 0 Å². The summed E-state index contributed by atoms with van der Waals surface area (Å²) in [5, 5.41) is 9.27. The van der Waals surface area contributed by atoms with Crippen LogP contribution in [-0.4, -0.2) is 44.7 Å². The predicted octanol–water partition coefficient (Wildman–Crippen LogP) is 1.68. The monoisotopic (exact) mass is 319 g/mol. The van der Waals surface area contributed by atoms with Crippen LogP contribution in [0.2, 0.25) is 0 Å². The fraction of sp³-hybridized carbons (Fsp3) is 0.533. The molecule has 22 heavy (non-hydrogen) atoms. The maximum Gasteiger partial charge on any atom is 0.234 e. The highest BCUT2D eigenvalue weighted by Gasteiger charge is 2.27. The summed E-state index contributed by atoms with van der Waals surface area (Å²) >= 11 is 1.67. The highest BCUT2D eigenvalue weighted by molar-refractivity contribution is 7.10. The van der Waals surface area contributed by atoms with Crippen molar-refractivity contribution in [3.05, 3.63) is 35.0 Å². The van der Waals surface area contributed by atoms with Gasteiger partial charge in [0.05, 0.1) is 19.1 Å². The van der Waals surface area contributed by atoms with E-state index in [1.54, 1.807) is 24.0 Å². The average Bonchev–Trinajstić information content (AvgIpc) is 3.22. The Kier molecular flexibility index (Phi) is 4.84. The van der Waals surface area contributed by atoms with Crippen LogP contribution in [0.5, 0.6) is 0 Å². The number of hydrogen-bond acceptors (Lipinski definition) is 5. The van der Waals surface area contributed by atoms with Gasteiger partial charge in [0.1, 0.15) is 12.7 Å². The number of likely N-dealkylation sites (tertiary alicyclic amines) is 1. The average molecular weight is 319 g/mol. The van der Waals surface area contributed by atoms with Crippen LogP contribution < -0.4 is 5.32 Å². The maximum absolute atomic E-state index is 12.3. The second-order valence-corrected chi connectivity index (χ2v) is 6.67. The number of rotatable bonds is 6. The summed E-state index contributed by atoms with van der Waals surface area (Å²) in [7, 11) is 0. The van der Waals surface area contributed by atoms with Gasteiger partial charge in [-0.1, -0.05) is 6.07 Å². The molecule has 0 unspecified atom stereocenters. The Hall–Kier alpha value is -1.73. The van der Waals surface area contributed by atoms with Gasteiger partial charge >= 0.3 is 0 Å². The molecule has 3 rings (SSSR count). The zero-order valence-corrected chi connectivity index (χ0v) is 13.5. The van der Waals surface area contributed by atoms with E-state index >= 15 is 0 Å². The third-order valence-corrected chi connectivity index (χ3v) is 5.11. The molecule has 0 aliphatic carbocycles. The lowest BCUT2D eigenvalue weighted by Crippen LogP contribution is -2.42. The summed E-state index contributed by atoms with van der Waals surface area (Å²) in [4.78, 5) is 19.7. The fourth-order valence-electron chi connectivity index (χ4n) is 2.93. The third-order valence-electron chi connectivity index (χ3n) is 4.06. The van der Waals surface area contributed by atoms with E-state index < -0.39 is 0 Å². The summed E-state index contributed by atoms with van der Waals surface area (Å²) in [5.74, 6) is 0.0893. The first kappa shape index (κ1) is 15.2. The van der Waals surface area contributed by atoms with Crippen LogP contribution in [0.4, 0.5) is 0 Å². The molecular weight excluding hydrogens is 298 g/mol. The van der Waals surface area contributed by atoms with Crippen molar-refractivity contribution in [1.82, 2.24) is 25.0 Å². The molecule has 6 nitrogen and oxygen atoms in total. The van der Waals surface area contributed by atoms with Gasteiger partial charge in [-0.05, 0) is 37.8 Å². The molecule has 1 saturated heterocycles. The summed E-state index contributed by atoms with van der Waals surface area (Å²) in [5.41, 5.74) is 0. The van der Waals surface area contributed by atoms with E-state index in [2.05, 4.69) is 26.4 Å². The van der Waals surface area contributed by atoms with Gasteiger partial charge in [-0.25, -0.2) is 4.98 Å². The normalized spacial score (nSPS) is 20.1. The van der Waals surface area contributed by atoms with E-state index in [4.69, 9.17) is 0 Å². The minimum absolute atomic E-state index is 0.0730. The van der Waals surface area contributed by atoms with Crippen molar-refractivity contribution in [1.29, 1.82) is 0 Å². The first-order valence-electron chi connectivity index (χ1n) is 7.61. The van der Waals surface area contributed by atoms with Gasteiger partial charge in [0.15, 0.2) is 0 Å². The largest absolute Gasteiger partial charge is 0.348 e. The molecule has 2 atom stereocenters. The topological polar surface area (TPSA) is 63.1 Å². The number of thiophene rings is 1. The molecule has 2 aromatic rings. The molecule has 0 bridgehead atoms. The first-order chi connectivity index (χ1) is 10.7. The smallest absolute Gasteiger partial charge is 0.234 e. The Morgan fingerprint density at radius 2 is 2.50 bits per heavy atom. The van der Waals surface area contributed by atoms with Crippen LogP contribution in [0.25, 0.3) is 0 Å². The molecule has 0 aromatic carbocycles. The van der Waals surface area contributed by atoms with Gasteiger partial charge < -0.3 is 5.32 Å². The predicted molar refractivity (Wildman–Crippen MR) is 85.5 cm³/mol. The van der Waals surface area contributed by atoms with E-state index in [1.807, 2.05) is 23.1 Å². The Bertz CT molecular complexity index is 583. The highest BCUT2D eigenvalue weighted by Crippen LogP contribution is 2.20. The summed E-state index contributed by atoms with van der Waals surface area (Å²) in [6, 6.07) is 4.50. The molecule has 7 heteroatoms. The minimum atomic E-state index is 0.0730. The van der Waals surface area contributed by atoms with Crippen molar-refractivity contribution >= 4 is 17.2 Å². The number of aromatic nitrogens is 3. The van der Waals surface area contributed by atoms with Gasteiger partial charge in [0.2, 0.25) is 5.91 Å². The van der Waals surface area contributed by atoms with Crippen LogP contribution in [0.3, 0.4) is 0 Å². The quantitative estimate of drug-likeness (QED) is 0.880. The number of amides is 1. The van der Waals surface area contributed by atoms with Gasteiger partial charge in [0.25, 0.3) is 0 Å². The second kappa shape index (κ2) is 7.02. The zero-order valence-electron chi connectivity index (χ0n) is 12.7. The Labute approximate surface area is 134 Å². The standard InChI is InChI=1S/C15H21N5OS/c1-12(14-5-3-7-22-14)18-15(21)9-19-6-2-4-13(19)8-20-11-16-10-17-20/h3,5,7,10-13H,2,4,6,8-9H2,1H3,(H,18,21)/t12-,13-/m1/s1. The van der Waals surface area contributed by atoms with Gasteiger partial charge in [-0.2, -0.15) is 5.10 Å². The lowest BCUT2D eigenvalue weighted by molar-refractivity contribution is -0.123. The minimum Gasteiger partial charge on any atom is -0.348 e. The van der Waals surface area contributed by atoms with E-state index in [9.17, 15) is 4.79 Å². The number of hydrogen-bond donors (Lipinski definition) is 1. The van der Waals surface area contributed by atoms with Crippen LogP contribution in [0, 0.1) is 0 Å². The molecule has 0 radical (unpaired) electrons. The van der Waals surface area contributed by atoms with Crippen molar-refractivity contribution in [2.24, 2.45) is 0 Å². The molecule has 2 aromatic heterocycles. The van der Waals surface area contributed by atoms with Gasteiger partial charge in [0, 0.05) is 10.9 Å². The van der Waals surface area contributed by atoms with E-state index in [0.29, 0.717) is 12.6 Å². The summed E-state index contributed by atoms with van der Waals surface area (Å²) in [6.07, 6.45) is 5.52. The van der Waals surface area contributed by atoms with Crippen LogP contribution >= 0.6 is 11.3 Å². The number of carbonyl (C=O) groups excluding carboxylic acids is 1. The molecule has 118 valence electrons. The maximum atomic E-state index is 12.3. The van der Waals surface area contributed by atoms with Crippen LogP contribution in [-0.2, 0) is 11.3 Å². The summed E-state index contributed by atoms with van der Waals surface area (Å²) < 4.78 is 1.84. The van der Waals surface area contributed by atoms with Gasteiger partial charge in [-0.3, -0.25) is 14.4 Å². The fourth-order valence-corrected chi connectivity index (χ4v) is 3.67. The number of nitrogens with one attached hydrogen (secondary N) is 1. The Morgan fingerprint density at radius 3 is 3.23 bits per heavy atom. The molecule has 1 aliphatic rings. The lowest BCUT2D eigenvalue weighted by atomic mass is 10.2. The SMILES string of the molecule is C[C@@H](NC(=O)CN1CCC[C@@H]1Cn1cncn1)c1cccs1. The molecule has 1 N–H and O–H groups in total. The lowest BCUT2D eigenvalue weighted by Gasteiger charge is -2.24. The van der Waals surface area contributed by atoms with Crippen LogP contribution in [0.15, 0.2) is 30.2 Å². The Morgan fingerprint density at radius 1 is 1.59 bits per heavy atom. The zero-order chi connectivity index (χ0) is 15.4. The molecule has 1 fully saturated rings. The number of nitrogens with zero attached hydrogens (tertiary/aromatic N) is 4. The highest BCUT2D eigenvalue weighted by atomic mass is 32.1. The van der Waals surface area contributed by atoms with E-state index in [1.165, 1.54) is 4.88 Å². The molecule has 1 amide bonds. The van der Waals surface area contributed by atoms with Gasteiger partial charge in [-0.15, -0.1) is 11.3 Å². The van der Waals surface area contributed by atoms with Crippen molar-refractivity contribution in [2.45, 2.75) is 38.4 Å². The molecule has 1 aliphatic heterocycles. The Balaban J connectivity index is 1.51. The molecule has 3 heterocycles. The first-order valence-corrected chi connectivity index (χ1v) is 8.49. The van der Waals surface area contributed by atoms with Crippen LogP contribution in [0.1, 0.15) is 30.7 Å². The van der Waals surface area contributed by atoms with E-state index in [0.717, 1.165) is 25.9 Å². The summed E-state index contributed by atoms with van der Waals surface area (Å²) in [6.45, 7) is 4.25. The number of carbonyl (C=O) groups is 1. The molecule has 0 spiro atoms. The van der Waals surface area contributed by atoms with E-state index in [-0.39, 0.29) is 11.9 Å². The third kappa shape index (κ3) is 3.72.